The Hall–Kier alpha value is -2.08. The predicted molar refractivity (Wildman–Crippen MR) is 129 cm³/mol. The minimum Gasteiger partial charge on any atom is -0.351 e. The molecule has 0 aromatic carbocycles. The van der Waals surface area contributed by atoms with Crippen molar-refractivity contribution in [2.45, 2.75) is 90.1 Å². The van der Waals surface area contributed by atoms with E-state index in [1.165, 1.54) is 36.1 Å². The summed E-state index contributed by atoms with van der Waals surface area (Å²) in [5, 5.41) is 4.34. The normalized spacial score (nSPS) is 21.2. The fourth-order valence-electron chi connectivity index (χ4n) is 5.59. The van der Waals surface area contributed by atoms with Gasteiger partial charge in [0.2, 0.25) is 5.91 Å². The third kappa shape index (κ3) is 3.91. The lowest BCUT2D eigenvalue weighted by molar-refractivity contribution is -0.127. The van der Waals surface area contributed by atoms with Crippen LogP contribution in [0, 0.1) is 5.92 Å². The zero-order valence-electron chi connectivity index (χ0n) is 19.4. The number of rotatable bonds is 5. The van der Waals surface area contributed by atoms with E-state index in [-0.39, 0.29) is 17.9 Å². The second-order valence-corrected chi connectivity index (χ2v) is 11.2. The third-order valence-electron chi connectivity index (χ3n) is 7.37. The molecule has 1 unspecified atom stereocenters. The van der Waals surface area contributed by atoms with E-state index in [9.17, 15) is 9.59 Å². The van der Waals surface area contributed by atoms with Crippen LogP contribution in [0.1, 0.15) is 97.7 Å². The van der Waals surface area contributed by atoms with Crippen LogP contribution in [0.25, 0.3) is 5.00 Å². The smallest absolute Gasteiger partial charge is 0.258 e. The minimum absolute atomic E-state index is 0.0158. The molecule has 0 spiro atoms. The van der Waals surface area contributed by atoms with Crippen molar-refractivity contribution in [1.82, 2.24) is 14.8 Å². The number of carbonyl (C=O) groups is 2. The lowest BCUT2D eigenvalue weighted by Gasteiger charge is -2.32. The maximum Gasteiger partial charge on any atom is 0.258 e. The zero-order chi connectivity index (χ0) is 22.2. The quantitative estimate of drug-likeness (QED) is 0.658. The lowest BCUT2D eigenvalue weighted by atomic mass is 9.94. The van der Waals surface area contributed by atoms with Gasteiger partial charge in [-0.2, -0.15) is 0 Å². The van der Waals surface area contributed by atoms with Gasteiger partial charge in [0, 0.05) is 23.7 Å². The van der Waals surface area contributed by atoms with Crippen molar-refractivity contribution in [2.75, 3.05) is 6.54 Å². The van der Waals surface area contributed by atoms with Crippen LogP contribution in [0.5, 0.6) is 0 Å². The van der Waals surface area contributed by atoms with Crippen molar-refractivity contribution in [3.63, 3.8) is 0 Å². The zero-order valence-corrected chi connectivity index (χ0v) is 20.2. The molecule has 6 heteroatoms. The SMILES string of the molecule is CC(C)CCN1C(=O)c2c(sc3c2CCCC3)-n2cccc2C1C(=O)NC1CCCCC1. The number of thiophene rings is 1. The van der Waals surface area contributed by atoms with Crippen LogP contribution < -0.4 is 5.32 Å². The van der Waals surface area contributed by atoms with E-state index in [0.717, 1.165) is 54.8 Å². The third-order valence-corrected chi connectivity index (χ3v) is 8.66. The van der Waals surface area contributed by atoms with E-state index in [4.69, 9.17) is 0 Å². The highest BCUT2D eigenvalue weighted by molar-refractivity contribution is 7.15. The van der Waals surface area contributed by atoms with E-state index in [1.807, 2.05) is 23.2 Å². The molecule has 1 saturated carbocycles. The molecule has 2 aliphatic carbocycles. The Bertz CT molecular complexity index is 999. The van der Waals surface area contributed by atoms with E-state index in [0.29, 0.717) is 12.5 Å². The number of aromatic nitrogens is 1. The summed E-state index contributed by atoms with van der Waals surface area (Å²) in [6.45, 7) is 4.97. The molecule has 2 amide bonds. The summed E-state index contributed by atoms with van der Waals surface area (Å²) in [6.07, 6.45) is 13.0. The first-order valence-electron chi connectivity index (χ1n) is 12.5. The summed E-state index contributed by atoms with van der Waals surface area (Å²) in [5.74, 6) is 0.501. The fourth-order valence-corrected chi connectivity index (χ4v) is 6.98. The van der Waals surface area contributed by atoms with Gasteiger partial charge in [0.05, 0.1) is 11.3 Å². The molecule has 5 rings (SSSR count). The van der Waals surface area contributed by atoms with Crippen LogP contribution in [-0.4, -0.2) is 33.9 Å². The first-order chi connectivity index (χ1) is 15.5. The van der Waals surface area contributed by atoms with Crippen LogP contribution >= 0.6 is 11.3 Å². The summed E-state index contributed by atoms with van der Waals surface area (Å²) in [5.41, 5.74) is 3.02. The molecule has 1 fully saturated rings. The molecule has 1 N–H and O–H groups in total. The molecule has 3 aliphatic rings. The molecule has 1 aliphatic heterocycles. The number of amides is 2. The van der Waals surface area contributed by atoms with Crippen LogP contribution in [-0.2, 0) is 17.6 Å². The van der Waals surface area contributed by atoms with Gasteiger partial charge in [0.25, 0.3) is 5.91 Å². The topological polar surface area (TPSA) is 54.3 Å². The fraction of sp³-hybridized carbons (Fsp3) is 0.615. The second kappa shape index (κ2) is 9.05. The van der Waals surface area contributed by atoms with Crippen molar-refractivity contribution >= 4 is 23.2 Å². The Morgan fingerprint density at radius 1 is 1.16 bits per heavy atom. The van der Waals surface area contributed by atoms with Gasteiger partial charge in [-0.15, -0.1) is 11.3 Å². The average molecular weight is 454 g/mol. The maximum absolute atomic E-state index is 14.1. The molecule has 1 atom stereocenters. The van der Waals surface area contributed by atoms with Gasteiger partial charge < -0.3 is 14.8 Å². The molecule has 0 radical (unpaired) electrons. The number of nitrogens with zero attached hydrogens (tertiary/aromatic N) is 2. The van der Waals surface area contributed by atoms with Gasteiger partial charge in [-0.25, -0.2) is 0 Å². The summed E-state index contributed by atoms with van der Waals surface area (Å²) < 4.78 is 2.14. The van der Waals surface area contributed by atoms with Crippen molar-refractivity contribution < 1.29 is 9.59 Å². The Labute approximate surface area is 195 Å². The highest BCUT2D eigenvalue weighted by atomic mass is 32.1. The molecule has 172 valence electrons. The molecular formula is C26H35N3O2S. The summed E-state index contributed by atoms with van der Waals surface area (Å²) in [7, 11) is 0. The Kier molecular flexibility index (Phi) is 6.15. The van der Waals surface area contributed by atoms with Gasteiger partial charge in [0.15, 0.2) is 6.04 Å². The van der Waals surface area contributed by atoms with Gasteiger partial charge in [-0.1, -0.05) is 33.1 Å². The van der Waals surface area contributed by atoms with E-state index >= 15 is 0 Å². The summed E-state index contributed by atoms with van der Waals surface area (Å²) >= 11 is 1.76. The van der Waals surface area contributed by atoms with Crippen molar-refractivity contribution in [2.24, 2.45) is 5.92 Å². The first-order valence-corrected chi connectivity index (χ1v) is 13.3. The number of carbonyl (C=O) groups excluding carboxylic acids is 2. The Morgan fingerprint density at radius 2 is 1.94 bits per heavy atom. The molecule has 0 bridgehead atoms. The molecule has 5 nitrogen and oxygen atoms in total. The van der Waals surface area contributed by atoms with Crippen LogP contribution in [0.4, 0.5) is 0 Å². The lowest BCUT2D eigenvalue weighted by Crippen LogP contribution is -2.47. The van der Waals surface area contributed by atoms with Gasteiger partial charge in [0.1, 0.15) is 5.00 Å². The van der Waals surface area contributed by atoms with E-state index in [2.05, 4.69) is 23.7 Å². The van der Waals surface area contributed by atoms with Gasteiger partial charge in [-0.05, 0) is 68.6 Å². The minimum atomic E-state index is -0.572. The molecule has 32 heavy (non-hydrogen) atoms. The van der Waals surface area contributed by atoms with E-state index < -0.39 is 6.04 Å². The number of nitrogens with one attached hydrogen (secondary N) is 1. The summed E-state index contributed by atoms with van der Waals surface area (Å²) in [6, 6.07) is 3.72. The number of fused-ring (bicyclic) bond motifs is 5. The van der Waals surface area contributed by atoms with Crippen LogP contribution in [0.3, 0.4) is 0 Å². The van der Waals surface area contributed by atoms with Crippen LogP contribution in [0.15, 0.2) is 18.3 Å². The first kappa shape index (κ1) is 21.7. The van der Waals surface area contributed by atoms with Crippen molar-refractivity contribution in [3.8, 4) is 5.00 Å². The predicted octanol–water partition coefficient (Wildman–Crippen LogP) is 5.41. The average Bonchev–Trinajstić information content (AvgIpc) is 3.39. The molecule has 3 heterocycles. The molecular weight excluding hydrogens is 418 g/mol. The number of hydrogen-bond donors (Lipinski definition) is 1. The van der Waals surface area contributed by atoms with Gasteiger partial charge >= 0.3 is 0 Å². The molecule has 2 aromatic heterocycles. The number of aryl methyl sites for hydroxylation is 1. The number of hydrogen-bond acceptors (Lipinski definition) is 3. The van der Waals surface area contributed by atoms with Gasteiger partial charge in [-0.3, -0.25) is 9.59 Å². The van der Waals surface area contributed by atoms with Crippen LogP contribution in [0.2, 0.25) is 0 Å². The summed E-state index contributed by atoms with van der Waals surface area (Å²) in [4.78, 5) is 31.1. The highest BCUT2D eigenvalue weighted by Gasteiger charge is 2.41. The Balaban J connectivity index is 1.57. The van der Waals surface area contributed by atoms with Crippen molar-refractivity contribution in [3.05, 3.63) is 40.0 Å². The second-order valence-electron chi connectivity index (χ2n) is 10.1. The monoisotopic (exact) mass is 453 g/mol. The highest BCUT2D eigenvalue weighted by Crippen LogP contribution is 2.42. The molecule has 2 aromatic rings. The standard InChI is InChI=1S/C26H35N3O2S/c1-17(2)14-16-29-23(24(30)27-18-9-4-3-5-10-18)20-12-8-15-28(20)26-22(25(29)31)19-11-6-7-13-21(19)32-26/h8,12,15,17-18,23H,3-7,9-11,13-14,16H2,1-2H3,(H,27,30). The van der Waals surface area contributed by atoms with Crippen molar-refractivity contribution in [1.29, 1.82) is 0 Å². The Morgan fingerprint density at radius 3 is 2.72 bits per heavy atom. The van der Waals surface area contributed by atoms with E-state index in [1.54, 1.807) is 11.3 Å². The molecule has 0 saturated heterocycles. The largest absolute Gasteiger partial charge is 0.351 e. The maximum atomic E-state index is 14.1.